The predicted octanol–water partition coefficient (Wildman–Crippen LogP) is 7.12. The summed E-state index contributed by atoms with van der Waals surface area (Å²) in [6.07, 6.45) is 5.38. The van der Waals surface area contributed by atoms with Gasteiger partial charge in [0, 0.05) is 11.1 Å². The maximum atomic E-state index is 13.5. The normalized spacial score (nSPS) is 29.5. The zero-order valence-corrected chi connectivity index (χ0v) is 29.4. The highest BCUT2D eigenvalue weighted by Crippen LogP contribution is 2.58. The molecule has 16 heteroatoms. The van der Waals surface area contributed by atoms with Crippen LogP contribution in [0.2, 0.25) is 0 Å². The molecule has 0 amide bonds. The van der Waals surface area contributed by atoms with E-state index in [9.17, 15) is 14.3 Å². The summed E-state index contributed by atoms with van der Waals surface area (Å²) in [5.41, 5.74) is -0.996. The largest absolute Gasteiger partial charge is 0.475 e. The average Bonchev–Trinajstić information content (AvgIpc) is 3.04. The number of hydrogen-bond donors (Lipinski definition) is 1. The molecule has 2 spiro atoms. The molecule has 2 aliphatic carbocycles. The smallest absolute Gasteiger partial charge is 0.368 e. The van der Waals surface area contributed by atoms with E-state index in [1.54, 1.807) is 5.06 Å². The minimum absolute atomic E-state index is 0.0225. The van der Waals surface area contributed by atoms with Crippen LogP contribution in [0.4, 0.5) is 0 Å². The van der Waals surface area contributed by atoms with Crippen molar-refractivity contribution in [1.82, 2.24) is 5.06 Å². The van der Waals surface area contributed by atoms with Crippen molar-refractivity contribution in [2.75, 3.05) is 32.8 Å². The molecule has 0 aromatic heterocycles. The standard InChI is InChI=1S/C31H49N5O9P2/c1-26(2)27-23-30(11-7-28(8-12-30)44-46(38,41-20-4-16-33)25-40-19-3-15-32)36(37)31(24-27)13-9-29(10-14-31)45-47(39,42-21-5-17-34)43-22-6-18-35/h26-29,37H,3-14,19-25H2,1-2H3. The second-order valence-corrected chi connectivity index (χ2v) is 16.6. The highest BCUT2D eigenvalue weighted by atomic mass is 31.2. The van der Waals surface area contributed by atoms with Crippen molar-refractivity contribution < 1.29 is 41.7 Å². The van der Waals surface area contributed by atoms with Crippen LogP contribution < -0.4 is 0 Å². The molecule has 3 fully saturated rings. The lowest BCUT2D eigenvalue weighted by Gasteiger charge is -2.61. The Labute approximate surface area is 278 Å². The van der Waals surface area contributed by atoms with Crippen LogP contribution in [0.3, 0.4) is 0 Å². The summed E-state index contributed by atoms with van der Waals surface area (Å²) < 4.78 is 60.4. The van der Waals surface area contributed by atoms with Crippen LogP contribution in [0, 0.1) is 57.2 Å². The van der Waals surface area contributed by atoms with Crippen molar-refractivity contribution in [3.63, 3.8) is 0 Å². The maximum absolute atomic E-state index is 13.5. The number of ether oxygens (including phenoxy) is 1. The summed E-state index contributed by atoms with van der Waals surface area (Å²) in [6.45, 7) is 4.24. The molecule has 14 nitrogen and oxygen atoms in total. The fourth-order valence-corrected chi connectivity index (χ4v) is 10.0. The highest BCUT2D eigenvalue weighted by Gasteiger charge is 2.57. The minimum Gasteiger partial charge on any atom is -0.368 e. The zero-order valence-electron chi connectivity index (χ0n) is 27.6. The maximum Gasteiger partial charge on any atom is 0.475 e. The monoisotopic (exact) mass is 697 g/mol. The first-order valence-electron chi connectivity index (χ1n) is 16.5. The van der Waals surface area contributed by atoms with Crippen molar-refractivity contribution in [3.05, 3.63) is 0 Å². The summed E-state index contributed by atoms with van der Waals surface area (Å²) in [5, 5.41) is 49.0. The predicted molar refractivity (Wildman–Crippen MR) is 168 cm³/mol. The van der Waals surface area contributed by atoms with Crippen LogP contribution in [0.1, 0.15) is 104 Å². The molecule has 0 aromatic carbocycles. The molecule has 1 heterocycles. The molecule has 0 radical (unpaired) electrons. The van der Waals surface area contributed by atoms with E-state index in [1.807, 2.05) is 24.3 Å². The first-order chi connectivity index (χ1) is 22.5. The number of rotatable bonds is 18. The van der Waals surface area contributed by atoms with Gasteiger partial charge in [-0.3, -0.25) is 18.1 Å². The average molecular weight is 698 g/mol. The van der Waals surface area contributed by atoms with Crippen molar-refractivity contribution >= 4 is 15.4 Å². The summed E-state index contributed by atoms with van der Waals surface area (Å²) in [5.74, 6) is 0.749. The molecular weight excluding hydrogens is 648 g/mol. The fourth-order valence-electron chi connectivity index (χ4n) is 7.03. The number of nitrogens with zero attached hydrogens (tertiary/aromatic N) is 5. The second-order valence-electron chi connectivity index (χ2n) is 13.0. The van der Waals surface area contributed by atoms with Gasteiger partial charge >= 0.3 is 15.4 Å². The molecular formula is C31H49N5O9P2. The van der Waals surface area contributed by atoms with Gasteiger partial charge < -0.3 is 19.0 Å². The highest BCUT2D eigenvalue weighted by molar-refractivity contribution is 7.53. The topological polar surface area (TPSA) is 208 Å². The van der Waals surface area contributed by atoms with E-state index in [-0.39, 0.29) is 64.6 Å². The number of hydrogen-bond acceptors (Lipinski definition) is 14. The number of piperidine rings is 1. The second kappa shape index (κ2) is 18.7. The van der Waals surface area contributed by atoms with E-state index in [1.165, 1.54) is 0 Å². The van der Waals surface area contributed by atoms with Crippen LogP contribution in [0.5, 0.6) is 0 Å². The Morgan fingerprint density at radius 1 is 0.723 bits per heavy atom. The Hall–Kier alpha value is -1.90. The molecule has 2 atom stereocenters. The van der Waals surface area contributed by atoms with E-state index in [2.05, 4.69) is 13.8 Å². The minimum atomic E-state index is -3.98. The van der Waals surface area contributed by atoms with E-state index in [0.29, 0.717) is 63.2 Å². The lowest BCUT2D eigenvalue weighted by molar-refractivity contribution is -0.293. The Bertz CT molecular complexity index is 1230. The van der Waals surface area contributed by atoms with Crippen molar-refractivity contribution in [2.45, 2.75) is 127 Å². The Morgan fingerprint density at radius 3 is 1.60 bits per heavy atom. The molecule has 47 heavy (non-hydrogen) atoms. The molecule has 0 bridgehead atoms. The van der Waals surface area contributed by atoms with E-state index >= 15 is 0 Å². The van der Waals surface area contributed by atoms with Crippen LogP contribution >= 0.6 is 15.4 Å². The molecule has 3 rings (SSSR count). The lowest BCUT2D eigenvalue weighted by Crippen LogP contribution is -2.66. The summed E-state index contributed by atoms with van der Waals surface area (Å²) in [4.78, 5) is 0. The molecule has 3 aliphatic rings. The van der Waals surface area contributed by atoms with Crippen LogP contribution in [-0.2, 0) is 36.5 Å². The first-order valence-corrected chi connectivity index (χ1v) is 19.7. The van der Waals surface area contributed by atoms with Gasteiger partial charge in [0.15, 0.2) is 0 Å². The van der Waals surface area contributed by atoms with Gasteiger partial charge in [-0.05, 0) is 76.0 Å². The lowest BCUT2D eigenvalue weighted by atomic mass is 9.61. The van der Waals surface area contributed by atoms with Crippen molar-refractivity contribution in [1.29, 1.82) is 21.0 Å². The molecule has 1 saturated heterocycles. The van der Waals surface area contributed by atoms with E-state index in [4.69, 9.17) is 48.4 Å². The van der Waals surface area contributed by atoms with Crippen LogP contribution in [0.25, 0.3) is 0 Å². The van der Waals surface area contributed by atoms with Gasteiger partial charge in [-0.2, -0.15) is 26.1 Å². The third-order valence-corrected chi connectivity index (χ3v) is 12.7. The van der Waals surface area contributed by atoms with Gasteiger partial charge in [-0.1, -0.05) is 13.8 Å². The van der Waals surface area contributed by atoms with Gasteiger partial charge in [0.25, 0.3) is 0 Å². The number of phosphoric acid groups is 1. The molecule has 2 unspecified atom stereocenters. The third-order valence-electron chi connectivity index (χ3n) is 9.48. The van der Waals surface area contributed by atoms with Gasteiger partial charge in [-0.25, -0.2) is 4.57 Å². The molecule has 2 saturated carbocycles. The van der Waals surface area contributed by atoms with Gasteiger partial charge in [0.05, 0.1) is 88.6 Å². The van der Waals surface area contributed by atoms with Gasteiger partial charge in [0.2, 0.25) is 0 Å². The van der Waals surface area contributed by atoms with Gasteiger partial charge in [-0.15, -0.1) is 0 Å². The van der Waals surface area contributed by atoms with E-state index < -0.39 is 32.6 Å². The van der Waals surface area contributed by atoms with Crippen molar-refractivity contribution in [3.8, 4) is 24.3 Å². The van der Waals surface area contributed by atoms with Crippen molar-refractivity contribution in [2.24, 2.45) is 11.8 Å². The quantitative estimate of drug-likeness (QED) is 0.112. The SMILES string of the molecule is CC(C)C1CC2(CCC(OP(=O)(COCCC#N)OCCC#N)CC2)N(O)C2(CCC(OP(=O)(OCCC#N)OCCC#N)CC2)C1. The van der Waals surface area contributed by atoms with Gasteiger partial charge in [0.1, 0.15) is 6.35 Å². The van der Waals surface area contributed by atoms with E-state index in [0.717, 1.165) is 12.8 Å². The Balaban J connectivity index is 1.68. The molecule has 0 aromatic rings. The Kier molecular flexibility index (Phi) is 15.8. The summed E-state index contributed by atoms with van der Waals surface area (Å²) >= 11 is 0. The summed E-state index contributed by atoms with van der Waals surface area (Å²) in [6, 6.07) is 7.81. The van der Waals surface area contributed by atoms with Crippen LogP contribution in [-0.4, -0.2) is 66.3 Å². The molecule has 1 aliphatic heterocycles. The first kappa shape index (κ1) is 39.5. The Morgan fingerprint density at radius 2 is 1.15 bits per heavy atom. The zero-order chi connectivity index (χ0) is 34.4. The third kappa shape index (κ3) is 11.3. The molecule has 262 valence electrons. The fraction of sp³-hybridized carbons (Fsp3) is 0.871. The molecule has 1 N–H and O–H groups in total. The summed E-state index contributed by atoms with van der Waals surface area (Å²) in [7, 11) is -7.66. The van der Waals surface area contributed by atoms with Crippen LogP contribution in [0.15, 0.2) is 0 Å². The number of hydroxylamine groups is 2. The number of nitriles is 4. The number of phosphoric ester groups is 1.